The first kappa shape index (κ1) is 21.2. The molecule has 0 aliphatic carbocycles. The normalized spacial score (nSPS) is 16.3. The number of hydrogen-bond donors (Lipinski definition) is 3. The van der Waals surface area contributed by atoms with Gasteiger partial charge in [0.2, 0.25) is 0 Å². The molecular formula is C22H20F2N6O2. The van der Waals surface area contributed by atoms with E-state index < -0.39 is 17.5 Å². The summed E-state index contributed by atoms with van der Waals surface area (Å²) < 4.78 is 28.5. The molecule has 1 atom stereocenters. The highest BCUT2D eigenvalue weighted by molar-refractivity contribution is 6.01. The molecule has 2 aromatic heterocycles. The summed E-state index contributed by atoms with van der Waals surface area (Å²) in [5.74, 6) is -2.09. The van der Waals surface area contributed by atoms with Crippen molar-refractivity contribution in [2.24, 2.45) is 10.7 Å². The second kappa shape index (κ2) is 8.58. The van der Waals surface area contributed by atoms with Crippen LogP contribution in [0.25, 0.3) is 11.0 Å². The van der Waals surface area contributed by atoms with E-state index in [1.54, 1.807) is 18.2 Å². The van der Waals surface area contributed by atoms with E-state index in [1.165, 1.54) is 12.3 Å². The highest BCUT2D eigenvalue weighted by Gasteiger charge is 2.25. The van der Waals surface area contributed by atoms with Crippen molar-refractivity contribution in [3.8, 4) is 0 Å². The average Bonchev–Trinajstić information content (AvgIpc) is 3.17. The van der Waals surface area contributed by atoms with Crippen LogP contribution in [0.3, 0.4) is 0 Å². The summed E-state index contributed by atoms with van der Waals surface area (Å²) in [5.41, 5.74) is 7.11. The van der Waals surface area contributed by atoms with Gasteiger partial charge in [-0.3, -0.25) is 14.6 Å². The van der Waals surface area contributed by atoms with Crippen LogP contribution in [0.2, 0.25) is 0 Å². The third-order valence-corrected chi connectivity index (χ3v) is 5.09. The van der Waals surface area contributed by atoms with Gasteiger partial charge in [-0.05, 0) is 31.2 Å². The number of carbonyl (C=O) groups excluding carboxylic acids is 2. The lowest BCUT2D eigenvalue weighted by Crippen LogP contribution is -2.37. The van der Waals surface area contributed by atoms with E-state index in [2.05, 4.69) is 20.6 Å². The van der Waals surface area contributed by atoms with E-state index in [0.29, 0.717) is 17.9 Å². The van der Waals surface area contributed by atoms with Gasteiger partial charge in [0.1, 0.15) is 28.7 Å². The van der Waals surface area contributed by atoms with Crippen LogP contribution in [0.1, 0.15) is 39.5 Å². The smallest absolute Gasteiger partial charge is 0.274 e. The Hall–Kier alpha value is -4.08. The van der Waals surface area contributed by atoms with Crippen molar-refractivity contribution in [3.63, 3.8) is 0 Å². The average molecular weight is 438 g/mol. The maximum Gasteiger partial charge on any atom is 0.274 e. The Morgan fingerprint density at radius 3 is 2.91 bits per heavy atom. The lowest BCUT2D eigenvalue weighted by molar-refractivity contribution is 0.0918. The lowest BCUT2D eigenvalue weighted by Gasteiger charge is -2.23. The predicted molar refractivity (Wildman–Crippen MR) is 115 cm³/mol. The van der Waals surface area contributed by atoms with Gasteiger partial charge in [0.25, 0.3) is 11.8 Å². The Morgan fingerprint density at radius 1 is 1.34 bits per heavy atom. The van der Waals surface area contributed by atoms with Gasteiger partial charge in [-0.25, -0.2) is 13.8 Å². The van der Waals surface area contributed by atoms with Crippen LogP contribution in [-0.4, -0.2) is 34.1 Å². The minimum Gasteiger partial charge on any atom is -0.403 e. The summed E-state index contributed by atoms with van der Waals surface area (Å²) >= 11 is 0. The molecule has 3 aromatic rings. The van der Waals surface area contributed by atoms with Crippen molar-refractivity contribution in [3.05, 3.63) is 76.9 Å². The molecule has 0 radical (unpaired) electrons. The van der Waals surface area contributed by atoms with Gasteiger partial charge in [0.15, 0.2) is 0 Å². The summed E-state index contributed by atoms with van der Waals surface area (Å²) in [5, 5.41) is 6.15. The molecule has 0 saturated heterocycles. The van der Waals surface area contributed by atoms with Gasteiger partial charge < -0.3 is 20.9 Å². The van der Waals surface area contributed by atoms with Gasteiger partial charge >= 0.3 is 0 Å². The quantitative estimate of drug-likeness (QED) is 0.531. The number of allylic oxidation sites excluding steroid dienone is 1. The molecule has 1 aliphatic rings. The lowest BCUT2D eigenvalue weighted by atomic mass is 10.2. The van der Waals surface area contributed by atoms with Crippen molar-refractivity contribution in [1.82, 2.24) is 20.2 Å². The number of aliphatic imine (C=N–C) groups is 1. The van der Waals surface area contributed by atoms with Crippen LogP contribution in [0, 0.1) is 11.6 Å². The summed E-state index contributed by atoms with van der Waals surface area (Å²) in [6.07, 6.45) is 2.43. The van der Waals surface area contributed by atoms with Crippen LogP contribution < -0.4 is 16.4 Å². The number of aromatic nitrogens is 2. The maximum absolute atomic E-state index is 13.7. The first-order chi connectivity index (χ1) is 15.4. The molecule has 0 bridgehead atoms. The van der Waals surface area contributed by atoms with E-state index in [4.69, 9.17) is 5.73 Å². The second-order valence-electron chi connectivity index (χ2n) is 7.35. The Morgan fingerprint density at radius 2 is 2.16 bits per heavy atom. The number of fused-ring (bicyclic) bond motifs is 3. The number of nitrogens with zero attached hydrogens (tertiary/aromatic N) is 3. The highest BCUT2D eigenvalue weighted by Crippen LogP contribution is 2.25. The van der Waals surface area contributed by atoms with Gasteiger partial charge in [-0.2, -0.15) is 0 Å². The first-order valence-corrected chi connectivity index (χ1v) is 9.84. The minimum absolute atomic E-state index is 0.00972. The monoisotopic (exact) mass is 438 g/mol. The van der Waals surface area contributed by atoms with Gasteiger partial charge in [0, 0.05) is 36.0 Å². The fraction of sp³-hybridized carbons (Fsp3) is 0.182. The van der Waals surface area contributed by atoms with E-state index in [0.717, 1.165) is 23.7 Å². The molecular weight excluding hydrogens is 418 g/mol. The molecule has 0 fully saturated rings. The second-order valence-corrected chi connectivity index (χ2v) is 7.35. The van der Waals surface area contributed by atoms with Crippen LogP contribution >= 0.6 is 0 Å². The molecule has 4 rings (SSSR count). The molecule has 1 aromatic carbocycles. The van der Waals surface area contributed by atoms with Crippen molar-refractivity contribution in [1.29, 1.82) is 0 Å². The molecule has 0 unspecified atom stereocenters. The topological polar surface area (TPSA) is 114 Å². The van der Waals surface area contributed by atoms with Crippen LogP contribution in [0.15, 0.2) is 53.3 Å². The van der Waals surface area contributed by atoms with E-state index in [1.807, 2.05) is 11.5 Å². The van der Waals surface area contributed by atoms with Crippen LogP contribution in [0.4, 0.5) is 8.78 Å². The summed E-state index contributed by atoms with van der Waals surface area (Å²) in [6, 6.07) is 8.21. The fourth-order valence-electron chi connectivity index (χ4n) is 3.47. The zero-order chi connectivity index (χ0) is 22.8. The fourth-order valence-corrected chi connectivity index (χ4v) is 3.47. The molecule has 164 valence electrons. The molecule has 0 spiro atoms. The molecule has 10 heteroatoms. The molecule has 4 N–H and O–H groups in total. The SMILES string of the molecule is C[C@@H]1CNC(=O)c2cc3ccc(C(=O)NC(C=NCc4ccc(F)cc4F)=CN)nc3n21. The number of nitrogens with one attached hydrogen (secondary N) is 2. The summed E-state index contributed by atoms with van der Waals surface area (Å²) in [6.45, 7) is 2.37. The van der Waals surface area contributed by atoms with Crippen molar-refractivity contribution in [2.75, 3.05) is 6.54 Å². The predicted octanol–water partition coefficient (Wildman–Crippen LogP) is 2.42. The van der Waals surface area contributed by atoms with Gasteiger partial charge in [-0.1, -0.05) is 6.07 Å². The highest BCUT2D eigenvalue weighted by atomic mass is 19.1. The maximum atomic E-state index is 13.7. The van der Waals surface area contributed by atoms with Crippen molar-refractivity contribution >= 4 is 29.1 Å². The van der Waals surface area contributed by atoms with Gasteiger partial charge in [-0.15, -0.1) is 0 Å². The third kappa shape index (κ3) is 4.07. The number of carbonyl (C=O) groups is 2. The number of hydrogen-bond acceptors (Lipinski definition) is 5. The van der Waals surface area contributed by atoms with E-state index in [-0.39, 0.29) is 35.4 Å². The molecule has 3 heterocycles. The number of nitrogens with two attached hydrogens (primary N) is 1. The molecule has 8 nitrogen and oxygen atoms in total. The van der Waals surface area contributed by atoms with Crippen LogP contribution in [-0.2, 0) is 6.54 Å². The Balaban J connectivity index is 1.51. The zero-order valence-corrected chi connectivity index (χ0v) is 17.1. The molecule has 0 saturated carbocycles. The zero-order valence-electron chi connectivity index (χ0n) is 17.1. The first-order valence-electron chi connectivity index (χ1n) is 9.84. The Kier molecular flexibility index (Phi) is 5.67. The summed E-state index contributed by atoms with van der Waals surface area (Å²) in [4.78, 5) is 33.3. The van der Waals surface area contributed by atoms with Crippen molar-refractivity contribution < 1.29 is 18.4 Å². The Labute approximate surface area is 181 Å². The summed E-state index contributed by atoms with van der Waals surface area (Å²) in [7, 11) is 0. The minimum atomic E-state index is -0.708. The van der Waals surface area contributed by atoms with E-state index >= 15 is 0 Å². The number of pyridine rings is 1. The van der Waals surface area contributed by atoms with Crippen LogP contribution in [0.5, 0.6) is 0 Å². The van der Waals surface area contributed by atoms with E-state index in [9.17, 15) is 18.4 Å². The molecule has 1 aliphatic heterocycles. The number of benzene rings is 1. The van der Waals surface area contributed by atoms with Crippen molar-refractivity contribution in [2.45, 2.75) is 19.5 Å². The number of rotatable bonds is 5. The standard InChI is InChI=1S/C22H20F2N6O2/c1-12-9-27-22(32)19-6-13-3-5-18(29-20(13)30(12)19)21(31)28-16(8-25)11-26-10-14-2-4-15(23)7-17(14)24/h2-8,11-12H,9-10,25H2,1H3,(H,27,32)(H,28,31)/t12-/m1/s1. The number of halogens is 2. The third-order valence-electron chi connectivity index (χ3n) is 5.09. The molecule has 2 amide bonds. The number of amides is 2. The molecule has 32 heavy (non-hydrogen) atoms. The largest absolute Gasteiger partial charge is 0.403 e. The van der Waals surface area contributed by atoms with Gasteiger partial charge in [0.05, 0.1) is 18.3 Å². The Bertz CT molecular complexity index is 1280.